The molecule has 3 aromatic rings. The molecule has 0 heterocycles. The summed E-state index contributed by atoms with van der Waals surface area (Å²) >= 11 is 0.998. The average molecular weight is 467 g/mol. The van der Waals surface area contributed by atoms with Gasteiger partial charge in [-0.15, -0.1) is 11.8 Å². The van der Waals surface area contributed by atoms with Crippen molar-refractivity contribution in [1.82, 2.24) is 0 Å². The highest BCUT2D eigenvalue weighted by molar-refractivity contribution is 7.98. The molecule has 0 N–H and O–H groups in total. The molecule has 0 bridgehead atoms. The van der Waals surface area contributed by atoms with Gasteiger partial charge >= 0.3 is 0 Å². The summed E-state index contributed by atoms with van der Waals surface area (Å²) in [6.45, 7) is 2.08. The van der Waals surface area contributed by atoms with Crippen LogP contribution in [0.15, 0.2) is 53.4 Å². The number of aryl methyl sites for hydroxylation is 1. The van der Waals surface area contributed by atoms with Crippen LogP contribution in [0.25, 0.3) is 0 Å². The zero-order valence-electron chi connectivity index (χ0n) is 18.4. The van der Waals surface area contributed by atoms with Gasteiger partial charge in [-0.05, 0) is 73.2 Å². The average Bonchev–Trinajstić information content (AvgIpc) is 2.78. The van der Waals surface area contributed by atoms with E-state index in [1.807, 2.05) is 0 Å². The molecule has 0 nitrogen and oxygen atoms in total. The molecule has 0 amide bonds. The first-order valence-electron chi connectivity index (χ1n) is 10.6. The molecule has 0 atom stereocenters. The number of rotatable bonds is 5. The van der Waals surface area contributed by atoms with Crippen LogP contribution in [0.3, 0.4) is 0 Å². The topological polar surface area (TPSA) is 0 Å². The van der Waals surface area contributed by atoms with Gasteiger partial charge in [0.1, 0.15) is 23.3 Å². The van der Waals surface area contributed by atoms with E-state index in [1.165, 1.54) is 24.3 Å². The van der Waals surface area contributed by atoms with Crippen LogP contribution < -0.4 is 0 Å². The van der Waals surface area contributed by atoms with Crippen molar-refractivity contribution >= 4 is 11.8 Å². The minimum absolute atomic E-state index is 0.0394. The normalized spacial score (nSPS) is 10.2. The lowest BCUT2D eigenvalue weighted by molar-refractivity contribution is 0.540. The van der Waals surface area contributed by atoms with Crippen molar-refractivity contribution in [3.63, 3.8) is 0 Å². The van der Waals surface area contributed by atoms with Gasteiger partial charge in [-0.2, -0.15) is 0 Å². The molecular formula is C28H22F4S. The van der Waals surface area contributed by atoms with E-state index in [-0.39, 0.29) is 16.0 Å². The fourth-order valence-corrected chi connectivity index (χ4v) is 3.72. The lowest BCUT2D eigenvalue weighted by Crippen LogP contribution is -1.95. The summed E-state index contributed by atoms with van der Waals surface area (Å²) in [6, 6.07) is 11.8. The molecule has 0 aromatic heterocycles. The van der Waals surface area contributed by atoms with E-state index in [1.54, 1.807) is 30.5 Å². The standard InChI is InChI=1S/C28H22F4S/c1-3-4-5-6-21-15-24(29)23(25(30)16-21)14-13-20-9-7-19(8-10-20)11-12-22-17-26(31)28(33-2)27(32)18-22/h7-10,15-18H,3-6H2,1-2H3. The Bertz CT molecular complexity index is 1210. The fraction of sp³-hybridized carbons (Fsp3) is 0.214. The van der Waals surface area contributed by atoms with Crippen LogP contribution in [0.4, 0.5) is 17.6 Å². The van der Waals surface area contributed by atoms with E-state index in [2.05, 4.69) is 30.6 Å². The SMILES string of the molecule is CCCCCc1cc(F)c(C#Cc2ccc(C#Cc3cc(F)c(SC)c(F)c3)cc2)c(F)c1. The Balaban J connectivity index is 1.74. The highest BCUT2D eigenvalue weighted by Gasteiger charge is 2.10. The van der Waals surface area contributed by atoms with Crippen molar-refractivity contribution < 1.29 is 17.6 Å². The van der Waals surface area contributed by atoms with Crippen molar-refractivity contribution in [1.29, 1.82) is 0 Å². The van der Waals surface area contributed by atoms with Gasteiger partial charge in [0, 0.05) is 16.7 Å². The van der Waals surface area contributed by atoms with Crippen LogP contribution in [-0.4, -0.2) is 6.26 Å². The maximum atomic E-state index is 14.3. The van der Waals surface area contributed by atoms with Gasteiger partial charge in [0.05, 0.1) is 10.5 Å². The van der Waals surface area contributed by atoms with Crippen molar-refractivity contribution in [3.8, 4) is 23.7 Å². The summed E-state index contributed by atoms with van der Waals surface area (Å²) in [5.41, 5.74) is 1.79. The third kappa shape index (κ3) is 6.67. The fourth-order valence-electron chi connectivity index (χ4n) is 3.21. The summed E-state index contributed by atoms with van der Waals surface area (Å²) in [4.78, 5) is -0.0394. The Morgan fingerprint density at radius 2 is 1.18 bits per heavy atom. The molecule has 0 aliphatic carbocycles. The molecule has 0 aliphatic rings. The Kier molecular flexibility index (Phi) is 8.64. The summed E-state index contributed by atoms with van der Waals surface area (Å²) in [6.07, 6.45) is 5.19. The van der Waals surface area contributed by atoms with Crippen LogP contribution in [-0.2, 0) is 6.42 Å². The molecule has 0 fully saturated rings. The van der Waals surface area contributed by atoms with E-state index in [4.69, 9.17) is 0 Å². The van der Waals surface area contributed by atoms with Gasteiger partial charge < -0.3 is 0 Å². The molecular weight excluding hydrogens is 444 g/mol. The molecule has 0 saturated carbocycles. The molecule has 0 unspecified atom stereocenters. The Labute approximate surface area is 196 Å². The second-order valence-electron chi connectivity index (χ2n) is 7.44. The van der Waals surface area contributed by atoms with Crippen molar-refractivity contribution in [2.75, 3.05) is 6.26 Å². The highest BCUT2D eigenvalue weighted by atomic mass is 32.2. The van der Waals surface area contributed by atoms with E-state index in [0.717, 1.165) is 31.0 Å². The van der Waals surface area contributed by atoms with Gasteiger partial charge in [-0.1, -0.05) is 43.4 Å². The second-order valence-corrected chi connectivity index (χ2v) is 8.26. The van der Waals surface area contributed by atoms with E-state index >= 15 is 0 Å². The van der Waals surface area contributed by atoms with Crippen LogP contribution in [0.1, 0.15) is 54.0 Å². The minimum atomic E-state index is -0.663. The maximum absolute atomic E-state index is 14.3. The van der Waals surface area contributed by atoms with Crippen molar-refractivity contribution in [3.05, 3.63) is 99.6 Å². The minimum Gasteiger partial charge on any atom is -0.206 e. The lowest BCUT2D eigenvalue weighted by Gasteiger charge is -2.04. The van der Waals surface area contributed by atoms with E-state index in [9.17, 15) is 17.6 Å². The van der Waals surface area contributed by atoms with Crippen molar-refractivity contribution in [2.45, 2.75) is 37.5 Å². The first-order valence-corrected chi connectivity index (χ1v) is 11.8. The summed E-state index contributed by atoms with van der Waals surface area (Å²) < 4.78 is 56.4. The van der Waals surface area contributed by atoms with Crippen LogP contribution in [0, 0.1) is 47.0 Å². The third-order valence-electron chi connectivity index (χ3n) is 4.94. The lowest BCUT2D eigenvalue weighted by atomic mass is 10.0. The molecule has 5 heteroatoms. The predicted octanol–water partition coefficient (Wildman–Crippen LogP) is 7.50. The Morgan fingerprint density at radius 1 is 0.667 bits per heavy atom. The smallest absolute Gasteiger partial charge is 0.142 e. The predicted molar refractivity (Wildman–Crippen MR) is 126 cm³/mol. The van der Waals surface area contributed by atoms with Crippen LogP contribution >= 0.6 is 11.8 Å². The van der Waals surface area contributed by atoms with Gasteiger partial charge in [0.2, 0.25) is 0 Å². The molecule has 0 spiro atoms. The third-order valence-corrected chi connectivity index (χ3v) is 5.74. The van der Waals surface area contributed by atoms with Gasteiger partial charge in [-0.25, -0.2) is 17.6 Å². The number of unbranched alkanes of at least 4 members (excludes halogenated alkanes) is 2. The van der Waals surface area contributed by atoms with Crippen LogP contribution in [0.5, 0.6) is 0 Å². The van der Waals surface area contributed by atoms with E-state index < -0.39 is 23.3 Å². The molecule has 0 radical (unpaired) electrons. The molecule has 168 valence electrons. The maximum Gasteiger partial charge on any atom is 0.142 e. The molecule has 0 saturated heterocycles. The first kappa shape index (κ1) is 24.5. The zero-order valence-corrected chi connectivity index (χ0v) is 19.2. The summed E-state index contributed by atoms with van der Waals surface area (Å²) in [7, 11) is 0. The van der Waals surface area contributed by atoms with Gasteiger partial charge in [0.15, 0.2) is 0 Å². The quantitative estimate of drug-likeness (QED) is 0.162. The Morgan fingerprint density at radius 3 is 1.70 bits per heavy atom. The largest absolute Gasteiger partial charge is 0.206 e. The molecule has 3 aromatic carbocycles. The monoisotopic (exact) mass is 466 g/mol. The first-order chi connectivity index (χ1) is 15.9. The second kappa shape index (κ2) is 11.6. The van der Waals surface area contributed by atoms with E-state index in [0.29, 0.717) is 23.1 Å². The van der Waals surface area contributed by atoms with Gasteiger partial charge in [0.25, 0.3) is 0 Å². The molecule has 0 aliphatic heterocycles. The number of thioether (sulfide) groups is 1. The number of halogens is 4. The number of hydrogen-bond donors (Lipinski definition) is 0. The summed E-state index contributed by atoms with van der Waals surface area (Å²) in [5, 5.41) is 0. The van der Waals surface area contributed by atoms with Crippen LogP contribution in [0.2, 0.25) is 0 Å². The van der Waals surface area contributed by atoms with Crippen molar-refractivity contribution in [2.24, 2.45) is 0 Å². The molecule has 3 rings (SSSR count). The molecule has 33 heavy (non-hydrogen) atoms. The highest BCUT2D eigenvalue weighted by Crippen LogP contribution is 2.24. The zero-order chi connectivity index (χ0) is 23.8. The number of hydrogen-bond acceptors (Lipinski definition) is 1. The number of benzene rings is 3. The summed E-state index contributed by atoms with van der Waals surface area (Å²) in [5.74, 6) is 8.29. The van der Waals surface area contributed by atoms with Gasteiger partial charge in [-0.3, -0.25) is 0 Å². The Hall–Kier alpha value is -3.15.